The normalized spacial score (nSPS) is 43.8. The highest BCUT2D eigenvalue weighted by Crippen LogP contribution is 2.74. The van der Waals surface area contributed by atoms with Crippen molar-refractivity contribution in [2.75, 3.05) is 33.9 Å². The predicted octanol–water partition coefficient (Wildman–Crippen LogP) is 6.34. The molecular formula is C39H63N5O5. The number of hydrogen-bond acceptors (Lipinski definition) is 8. The van der Waals surface area contributed by atoms with E-state index in [1.165, 1.54) is 11.9 Å². The van der Waals surface area contributed by atoms with Crippen molar-refractivity contribution < 1.29 is 24.2 Å². The van der Waals surface area contributed by atoms with Crippen LogP contribution in [0.25, 0.3) is 0 Å². The van der Waals surface area contributed by atoms with Crippen LogP contribution < -0.4 is 0 Å². The number of hydrogen-bond donors (Lipinski definition) is 1. The van der Waals surface area contributed by atoms with Gasteiger partial charge in [-0.05, 0) is 105 Å². The summed E-state index contributed by atoms with van der Waals surface area (Å²) in [5.41, 5.74) is -1.80. The van der Waals surface area contributed by atoms with Crippen LogP contribution in [-0.4, -0.2) is 87.5 Å². The Bertz CT molecular complexity index is 1470. The van der Waals surface area contributed by atoms with Crippen LogP contribution in [0.1, 0.15) is 107 Å². The van der Waals surface area contributed by atoms with Crippen LogP contribution in [0.3, 0.4) is 0 Å². The summed E-state index contributed by atoms with van der Waals surface area (Å²) >= 11 is 0. The van der Waals surface area contributed by atoms with Gasteiger partial charge in [-0.25, -0.2) is 0 Å². The van der Waals surface area contributed by atoms with Crippen molar-refractivity contribution >= 4 is 11.8 Å². The minimum Gasteiger partial charge on any atom is -0.481 e. The number of ketones is 1. The number of carboxylic acid groups (broad SMARTS) is 1. The van der Waals surface area contributed by atoms with Crippen LogP contribution in [-0.2, 0) is 19.1 Å². The summed E-state index contributed by atoms with van der Waals surface area (Å²) in [5, 5.41) is 24.2. The first kappa shape index (κ1) is 36.6. The number of nitrogens with zero attached hydrogens (tertiary/aromatic N) is 5. The first-order valence-electron chi connectivity index (χ1n) is 18.8. The number of carboxylic acids is 1. The molecule has 0 radical (unpaired) electrons. The summed E-state index contributed by atoms with van der Waals surface area (Å²) in [6.45, 7) is 23.6. The zero-order valence-electron chi connectivity index (χ0n) is 32.2. The summed E-state index contributed by atoms with van der Waals surface area (Å²) in [6.07, 6.45) is 7.40. The third-order valence-electron chi connectivity index (χ3n) is 16.4. The lowest BCUT2D eigenvalue weighted by molar-refractivity contribution is -0.254. The van der Waals surface area contributed by atoms with Gasteiger partial charge in [0.2, 0.25) is 0 Å². The molecule has 4 aliphatic carbocycles. The quantitative estimate of drug-likeness (QED) is 0.318. The van der Waals surface area contributed by atoms with Crippen molar-refractivity contribution in [1.29, 1.82) is 0 Å². The minimum absolute atomic E-state index is 0.0229. The molecule has 274 valence electrons. The van der Waals surface area contributed by atoms with Crippen LogP contribution in [0, 0.1) is 62.6 Å². The largest absolute Gasteiger partial charge is 0.481 e. The topological polar surface area (TPSA) is 120 Å². The van der Waals surface area contributed by atoms with E-state index < -0.39 is 33.5 Å². The first-order valence-corrected chi connectivity index (χ1v) is 18.8. The lowest BCUT2D eigenvalue weighted by atomic mass is 9.34. The Labute approximate surface area is 294 Å². The third kappa shape index (κ3) is 4.84. The molecule has 49 heavy (non-hydrogen) atoms. The van der Waals surface area contributed by atoms with E-state index in [0.717, 1.165) is 25.7 Å². The van der Waals surface area contributed by atoms with Gasteiger partial charge in [-0.3, -0.25) is 9.59 Å². The van der Waals surface area contributed by atoms with Gasteiger partial charge in [-0.1, -0.05) is 67.9 Å². The van der Waals surface area contributed by atoms with Gasteiger partial charge in [0, 0.05) is 21.8 Å². The van der Waals surface area contributed by atoms with Gasteiger partial charge in [0.1, 0.15) is 6.04 Å². The van der Waals surface area contributed by atoms with E-state index in [0.29, 0.717) is 38.1 Å². The van der Waals surface area contributed by atoms with E-state index in [4.69, 9.17) is 9.47 Å². The number of likely N-dealkylation sites (N-methyl/N-ethyl adjacent to an activating group) is 1. The van der Waals surface area contributed by atoms with Crippen LogP contribution >= 0.6 is 0 Å². The number of rotatable bonds is 9. The second kappa shape index (κ2) is 11.9. The molecule has 1 unspecified atom stereocenters. The highest BCUT2D eigenvalue weighted by Gasteiger charge is 2.74. The van der Waals surface area contributed by atoms with Crippen molar-refractivity contribution in [3.63, 3.8) is 0 Å². The second-order valence-corrected chi connectivity index (χ2v) is 18.9. The van der Waals surface area contributed by atoms with E-state index in [1.54, 1.807) is 4.80 Å². The number of aromatic nitrogens is 4. The molecule has 12 atom stereocenters. The Hall–Kier alpha value is -2.17. The fourth-order valence-electron chi connectivity index (χ4n) is 12.3. The van der Waals surface area contributed by atoms with E-state index in [2.05, 4.69) is 96.7 Å². The number of allylic oxidation sites excluding steroid dienone is 1. The standard InChI is InChI=1S/C39H63N5O5/c1-23(2)25(5)34(6)15-16-36(8)26-13-14-29-35(7)19-48-21-39(29,27(26)17-30(45)38(36,10)31(34)33(46)47)18-28(44-41-22-40-42-44)32(35)49-20-37(9,24(3)4)43(11)12/h17,22-26,28-29,31-32H,13-16,18-21H2,1-12H3,(H,46,47)/t25-,26+,28-,29+,31-,32+,34-,35+,36-,37?,38+,39+/m1/s1. The molecule has 10 nitrogen and oxygen atoms in total. The maximum Gasteiger partial charge on any atom is 0.308 e. The number of aliphatic carboxylic acids is 1. The van der Waals surface area contributed by atoms with Crippen molar-refractivity contribution in [1.82, 2.24) is 25.1 Å². The van der Waals surface area contributed by atoms with Crippen molar-refractivity contribution in [3.05, 3.63) is 18.0 Å². The van der Waals surface area contributed by atoms with Gasteiger partial charge in [0.15, 0.2) is 12.1 Å². The number of carbonyl (C=O) groups excluding carboxylic acids is 1. The summed E-state index contributed by atoms with van der Waals surface area (Å²) in [5.74, 6) is -0.483. The number of tetrazole rings is 1. The van der Waals surface area contributed by atoms with Crippen LogP contribution in [0.15, 0.2) is 18.0 Å². The molecule has 0 spiro atoms. The lowest BCUT2D eigenvalue weighted by Crippen LogP contribution is -2.70. The van der Waals surface area contributed by atoms with Crippen molar-refractivity contribution in [3.8, 4) is 0 Å². The number of carbonyl (C=O) groups is 2. The van der Waals surface area contributed by atoms with Gasteiger partial charge >= 0.3 is 5.97 Å². The Balaban J connectivity index is 1.46. The van der Waals surface area contributed by atoms with Crippen LogP contribution in [0.4, 0.5) is 0 Å². The van der Waals surface area contributed by atoms with Gasteiger partial charge < -0.3 is 19.5 Å². The van der Waals surface area contributed by atoms with E-state index in [-0.39, 0.29) is 46.6 Å². The maximum absolute atomic E-state index is 15.0. The smallest absolute Gasteiger partial charge is 0.308 e. The molecule has 4 fully saturated rings. The average molecular weight is 682 g/mol. The molecule has 3 saturated carbocycles. The SMILES string of the molecule is CC(C)[C@@H](C)[C@@]1(C)CC[C@]2(C)[C@H]3CC[C@@H]4[C@@]5(COC[C@]4(C)[C@@H](OCC(C)(C(C)C)N(C)C)[C@H](n4ncnn4)C5)C3=CC(=O)[C@@]2(C)[C@@H]1C(=O)O. The number of ether oxygens (including phenoxy) is 2. The predicted molar refractivity (Wildman–Crippen MR) is 187 cm³/mol. The van der Waals surface area contributed by atoms with Gasteiger partial charge in [-0.15, -0.1) is 10.2 Å². The maximum atomic E-state index is 15.0. The van der Waals surface area contributed by atoms with Gasteiger partial charge in [0.25, 0.3) is 0 Å². The van der Waals surface area contributed by atoms with Gasteiger partial charge in [-0.2, -0.15) is 4.80 Å². The first-order chi connectivity index (χ1) is 22.8. The molecule has 1 aromatic rings. The van der Waals surface area contributed by atoms with E-state index in [1.807, 2.05) is 13.0 Å². The summed E-state index contributed by atoms with van der Waals surface area (Å²) in [6, 6.07) is -0.199. The minimum atomic E-state index is -1.02. The number of fused-ring (bicyclic) bond motifs is 3. The molecule has 1 aliphatic heterocycles. The fraction of sp³-hybridized carbons (Fsp3) is 0.872. The zero-order chi connectivity index (χ0) is 36.1. The highest BCUT2D eigenvalue weighted by atomic mass is 16.5. The van der Waals surface area contributed by atoms with Crippen molar-refractivity contribution in [2.45, 2.75) is 119 Å². The highest BCUT2D eigenvalue weighted by molar-refractivity contribution is 6.00. The molecule has 10 heteroatoms. The summed E-state index contributed by atoms with van der Waals surface area (Å²) in [4.78, 5) is 32.4. The van der Waals surface area contributed by atoms with Crippen molar-refractivity contribution in [2.24, 2.45) is 62.6 Å². The Morgan fingerprint density at radius 2 is 1.82 bits per heavy atom. The molecule has 5 aliphatic rings. The Morgan fingerprint density at radius 3 is 2.39 bits per heavy atom. The monoisotopic (exact) mass is 681 g/mol. The van der Waals surface area contributed by atoms with Gasteiger partial charge in [0.05, 0.1) is 31.8 Å². The molecule has 0 aromatic carbocycles. The average Bonchev–Trinajstić information content (AvgIpc) is 3.56. The molecule has 1 aromatic heterocycles. The van der Waals surface area contributed by atoms with Crippen LogP contribution in [0.5, 0.6) is 0 Å². The zero-order valence-corrected chi connectivity index (χ0v) is 32.2. The Morgan fingerprint density at radius 1 is 1.12 bits per heavy atom. The molecule has 1 N–H and O–H groups in total. The fourth-order valence-corrected chi connectivity index (χ4v) is 12.3. The molecule has 0 amide bonds. The molecule has 2 heterocycles. The molecular weight excluding hydrogens is 618 g/mol. The molecule has 2 bridgehead atoms. The lowest BCUT2D eigenvalue weighted by Gasteiger charge is -2.70. The van der Waals surface area contributed by atoms with E-state index >= 15 is 0 Å². The van der Waals surface area contributed by atoms with E-state index in [9.17, 15) is 14.7 Å². The summed E-state index contributed by atoms with van der Waals surface area (Å²) < 4.78 is 13.8. The third-order valence-corrected chi connectivity index (χ3v) is 16.4. The molecule has 1 saturated heterocycles. The Kier molecular flexibility index (Phi) is 8.92. The second-order valence-electron chi connectivity index (χ2n) is 18.9. The summed E-state index contributed by atoms with van der Waals surface area (Å²) in [7, 11) is 4.23. The molecule has 6 rings (SSSR count). The van der Waals surface area contributed by atoms with Crippen LogP contribution in [0.2, 0.25) is 0 Å².